The van der Waals surface area contributed by atoms with Gasteiger partial charge in [0.05, 0.1) is 17.1 Å². The normalized spacial score (nSPS) is 48.6. The van der Waals surface area contributed by atoms with E-state index in [9.17, 15) is 35.1 Å². The predicted molar refractivity (Wildman–Crippen MR) is 185 cm³/mol. The molecule has 0 spiro atoms. The molecular weight excluding hydrogens is 636 g/mol. The molecule has 5 fully saturated rings. The van der Waals surface area contributed by atoms with Crippen LogP contribution >= 0.6 is 0 Å². The van der Waals surface area contributed by atoms with Gasteiger partial charge in [-0.05, 0) is 129 Å². The van der Waals surface area contributed by atoms with Crippen molar-refractivity contribution >= 4 is 11.9 Å². The van der Waals surface area contributed by atoms with Gasteiger partial charge < -0.3 is 35.0 Å². The van der Waals surface area contributed by atoms with Crippen LogP contribution in [0, 0.1) is 51.8 Å². The molecule has 9 heteroatoms. The first-order valence-corrected chi connectivity index (χ1v) is 19.2. The van der Waals surface area contributed by atoms with Gasteiger partial charge in [-0.1, -0.05) is 62.8 Å². The summed E-state index contributed by atoms with van der Waals surface area (Å²) in [6.45, 7) is 9.00. The number of benzene rings is 1. The highest BCUT2D eigenvalue weighted by Gasteiger charge is 2.66. The second-order valence-electron chi connectivity index (χ2n) is 17.9. The number of aliphatic hydroxyl groups excluding tert-OH is 3. The number of allylic oxidation sites excluding steroid dienone is 2. The molecule has 1 aromatic rings. The van der Waals surface area contributed by atoms with Crippen LogP contribution in [-0.4, -0.2) is 73.6 Å². The number of carboxylic acid groups (broad SMARTS) is 1. The lowest BCUT2D eigenvalue weighted by Gasteiger charge is -2.68. The number of hydrogen-bond donors (Lipinski definition) is 5. The monoisotopic (exact) mass is 694 g/mol. The molecule has 0 radical (unpaired) electrons. The van der Waals surface area contributed by atoms with E-state index < -0.39 is 53.5 Å². The summed E-state index contributed by atoms with van der Waals surface area (Å²) in [4.78, 5) is 25.9. The molecule has 15 atom stereocenters. The Hall–Kier alpha value is -2.30. The van der Waals surface area contributed by atoms with Gasteiger partial charge in [0.15, 0.2) is 6.10 Å². The van der Waals surface area contributed by atoms with Crippen LogP contribution in [0.5, 0.6) is 0 Å². The lowest BCUT2D eigenvalue weighted by Crippen LogP contribution is -2.65. The van der Waals surface area contributed by atoms with Gasteiger partial charge >= 0.3 is 11.9 Å². The Balaban J connectivity index is 1.08. The largest absolute Gasteiger partial charge is 0.481 e. The lowest BCUT2D eigenvalue weighted by molar-refractivity contribution is -0.246. The zero-order valence-electron chi connectivity index (χ0n) is 30.2. The van der Waals surface area contributed by atoms with E-state index in [4.69, 9.17) is 9.47 Å². The summed E-state index contributed by atoms with van der Waals surface area (Å²) in [7, 11) is 0. The molecule has 4 saturated carbocycles. The van der Waals surface area contributed by atoms with Gasteiger partial charge in [0.1, 0.15) is 24.9 Å². The predicted octanol–water partition coefficient (Wildman–Crippen LogP) is 5.42. The molecule has 5 aliphatic carbocycles. The number of hydrogen-bond acceptors (Lipinski definition) is 8. The minimum Gasteiger partial charge on any atom is -0.481 e. The van der Waals surface area contributed by atoms with Gasteiger partial charge in [0.25, 0.3) is 0 Å². The van der Waals surface area contributed by atoms with Gasteiger partial charge in [0, 0.05) is 0 Å². The van der Waals surface area contributed by atoms with Crippen molar-refractivity contribution < 1.29 is 44.6 Å². The third-order valence-electron chi connectivity index (χ3n) is 15.5. The van der Waals surface area contributed by atoms with Crippen LogP contribution in [0.1, 0.15) is 104 Å². The second kappa shape index (κ2) is 13.0. The van der Waals surface area contributed by atoms with Crippen molar-refractivity contribution in [1.82, 2.24) is 0 Å². The van der Waals surface area contributed by atoms with Gasteiger partial charge in [-0.3, -0.25) is 4.79 Å². The van der Waals surface area contributed by atoms with Gasteiger partial charge in [0.2, 0.25) is 0 Å². The summed E-state index contributed by atoms with van der Waals surface area (Å²) >= 11 is 0. The highest BCUT2D eigenvalue weighted by Crippen LogP contribution is 2.71. The first-order chi connectivity index (χ1) is 23.6. The number of aliphatic hydroxyl groups is 4. The molecule has 9 nitrogen and oxygen atoms in total. The van der Waals surface area contributed by atoms with Crippen molar-refractivity contribution in [3.63, 3.8) is 0 Å². The van der Waals surface area contributed by atoms with Crippen molar-refractivity contribution in [3.8, 4) is 0 Å². The number of aliphatic carboxylic acids is 1. The maximum absolute atomic E-state index is 13.1. The number of esters is 1. The number of carbonyl (C=O) groups excluding carboxylic acids is 1. The molecule has 0 bridgehead atoms. The minimum atomic E-state index is -1.64. The summed E-state index contributed by atoms with van der Waals surface area (Å²) < 4.78 is 11.5. The fraction of sp³-hybridized carbons (Fsp3) is 0.756. The van der Waals surface area contributed by atoms with E-state index in [1.165, 1.54) is 5.57 Å². The molecule has 1 aliphatic heterocycles. The summed E-state index contributed by atoms with van der Waals surface area (Å²) in [5.41, 5.74) is 0.358. The van der Waals surface area contributed by atoms with Crippen LogP contribution in [-0.2, 0) is 25.7 Å². The van der Waals surface area contributed by atoms with Crippen molar-refractivity contribution in [3.05, 3.63) is 47.5 Å². The minimum absolute atomic E-state index is 0.000982. The zero-order chi connectivity index (χ0) is 35.8. The summed E-state index contributed by atoms with van der Waals surface area (Å²) in [6.07, 6.45) is 4.27. The second-order valence-corrected chi connectivity index (χ2v) is 17.9. The molecule has 0 aromatic heterocycles. The topological polar surface area (TPSA) is 154 Å². The fourth-order valence-electron chi connectivity index (χ4n) is 12.7. The lowest BCUT2D eigenvalue weighted by atomic mass is 9.37. The van der Waals surface area contributed by atoms with Crippen LogP contribution in [0.3, 0.4) is 0 Å². The van der Waals surface area contributed by atoms with Crippen LogP contribution in [0.25, 0.3) is 0 Å². The molecule has 0 amide bonds. The van der Waals surface area contributed by atoms with E-state index in [-0.39, 0.29) is 41.6 Å². The Bertz CT molecular complexity index is 1480. The smallest absolute Gasteiger partial charge is 0.338 e. The van der Waals surface area contributed by atoms with Crippen LogP contribution in [0.4, 0.5) is 0 Å². The standard InChI is InChI=1S/C41H58O9/c1-23-12-18-41(37(46)47)19-14-27-26(28(41)20-23)10-11-30-38(27,2)17-15-31-39(30,3)16-13-25(40(31,4)48)21-29-32(42)33(43)34(44)35(50-29)36(45)49-22-24-8-6-5-7-9-24/h5-10,23,25,27-35,42-44,48H,11-22H2,1-4H3,(H,46,47)/t23?,25?,27?,28?,29?,30?,31?,32?,33?,34?,35?,38?,39?,40-,41?/m1/s1. The number of rotatable bonds is 6. The Labute approximate surface area is 296 Å². The number of carboxylic acids is 1. The first kappa shape index (κ1) is 36.1. The highest BCUT2D eigenvalue weighted by molar-refractivity contribution is 5.76. The molecule has 1 heterocycles. The van der Waals surface area contributed by atoms with Crippen LogP contribution in [0.2, 0.25) is 0 Å². The van der Waals surface area contributed by atoms with E-state index in [2.05, 4.69) is 26.8 Å². The van der Waals surface area contributed by atoms with E-state index in [0.29, 0.717) is 24.2 Å². The summed E-state index contributed by atoms with van der Waals surface area (Å²) in [6, 6.07) is 9.16. The third-order valence-corrected chi connectivity index (χ3v) is 15.5. The maximum Gasteiger partial charge on any atom is 0.338 e. The Morgan fingerprint density at radius 2 is 1.56 bits per heavy atom. The summed E-state index contributed by atoms with van der Waals surface area (Å²) in [5.74, 6) is -0.314. The maximum atomic E-state index is 13.1. The van der Waals surface area contributed by atoms with E-state index in [1.807, 2.05) is 37.3 Å². The Morgan fingerprint density at radius 1 is 0.860 bits per heavy atom. The van der Waals surface area contributed by atoms with Gasteiger partial charge in [-0.15, -0.1) is 0 Å². The third kappa shape index (κ3) is 5.60. The first-order valence-electron chi connectivity index (χ1n) is 19.2. The summed E-state index contributed by atoms with van der Waals surface area (Å²) in [5, 5.41) is 55.5. The molecule has 276 valence electrons. The van der Waals surface area contributed by atoms with Crippen molar-refractivity contribution in [2.24, 2.45) is 51.8 Å². The number of ether oxygens (including phenoxy) is 2. The molecule has 1 aromatic carbocycles. The number of fused-ring (bicyclic) bond motifs is 7. The van der Waals surface area contributed by atoms with Gasteiger partial charge in [-0.2, -0.15) is 0 Å². The van der Waals surface area contributed by atoms with Crippen molar-refractivity contribution in [1.29, 1.82) is 0 Å². The molecule has 50 heavy (non-hydrogen) atoms. The highest BCUT2D eigenvalue weighted by atomic mass is 16.6. The zero-order valence-corrected chi connectivity index (χ0v) is 30.2. The average Bonchev–Trinajstić information content (AvgIpc) is 3.08. The quantitative estimate of drug-likeness (QED) is 0.194. The molecular formula is C41H58O9. The van der Waals surface area contributed by atoms with Gasteiger partial charge in [-0.25, -0.2) is 4.79 Å². The van der Waals surface area contributed by atoms with E-state index >= 15 is 0 Å². The Morgan fingerprint density at radius 3 is 2.28 bits per heavy atom. The van der Waals surface area contributed by atoms with Crippen molar-refractivity contribution in [2.45, 2.75) is 141 Å². The van der Waals surface area contributed by atoms with Crippen LogP contribution < -0.4 is 0 Å². The SMILES string of the molecule is CC1CCC2(C(=O)O)CCC3C(=CCC4C3(C)CCC3C4(C)CCC(CC4OC(C(=O)OCc5ccccc5)C(O)C(O)C4O)[C@@]3(C)O)C2C1. The van der Waals surface area contributed by atoms with Crippen molar-refractivity contribution in [2.75, 3.05) is 0 Å². The molecule has 1 saturated heterocycles. The average molecular weight is 695 g/mol. The molecule has 5 N–H and O–H groups in total. The Kier molecular flexibility index (Phi) is 9.36. The molecule has 14 unspecified atom stereocenters. The molecule has 7 rings (SSSR count). The molecule has 6 aliphatic rings. The van der Waals surface area contributed by atoms with E-state index in [1.54, 1.807) is 0 Å². The van der Waals surface area contributed by atoms with E-state index in [0.717, 1.165) is 63.4 Å². The van der Waals surface area contributed by atoms with Crippen LogP contribution in [0.15, 0.2) is 42.0 Å². The number of carbonyl (C=O) groups is 2. The fourth-order valence-corrected chi connectivity index (χ4v) is 12.7.